The summed E-state index contributed by atoms with van der Waals surface area (Å²) in [6.45, 7) is 3.25. The maximum Gasteiger partial charge on any atom is 0.255 e. The third-order valence-corrected chi connectivity index (χ3v) is 4.20. The van der Waals surface area contributed by atoms with Gasteiger partial charge in [0.05, 0.1) is 11.3 Å². The number of carbonyl (C=O) groups is 1. The molecule has 3 nitrogen and oxygen atoms in total. The Kier molecular flexibility index (Phi) is 5.59. The van der Waals surface area contributed by atoms with Crippen LogP contribution in [0.2, 0.25) is 0 Å². The number of hydrogen-bond acceptors (Lipinski definition) is 2. The highest BCUT2D eigenvalue weighted by atomic mass is 19.1. The standard InChI is InChI=1S/C17H25FN2O/c1-3-19-16-14(10-7-11-15(16)18)17(21)20(2)12-13-8-5-4-6-9-13/h7,10-11,13,19H,3-6,8-9,12H2,1-2H3. The molecule has 116 valence electrons. The number of para-hydroxylation sites is 1. The van der Waals surface area contributed by atoms with Gasteiger partial charge in [0, 0.05) is 20.1 Å². The quantitative estimate of drug-likeness (QED) is 0.892. The number of halogens is 1. The molecule has 2 rings (SSSR count). The van der Waals surface area contributed by atoms with Crippen molar-refractivity contribution in [3.63, 3.8) is 0 Å². The summed E-state index contributed by atoms with van der Waals surface area (Å²) >= 11 is 0. The van der Waals surface area contributed by atoms with Crippen LogP contribution in [0.1, 0.15) is 49.4 Å². The molecule has 1 aliphatic rings. The van der Waals surface area contributed by atoms with E-state index in [1.165, 1.54) is 38.2 Å². The normalized spacial score (nSPS) is 15.8. The van der Waals surface area contributed by atoms with E-state index in [9.17, 15) is 9.18 Å². The first kappa shape index (κ1) is 15.8. The summed E-state index contributed by atoms with van der Waals surface area (Å²) in [5.74, 6) is 0.119. The first-order valence-corrected chi connectivity index (χ1v) is 7.91. The molecule has 1 aromatic rings. The number of benzene rings is 1. The Morgan fingerprint density at radius 3 is 2.71 bits per heavy atom. The zero-order valence-electron chi connectivity index (χ0n) is 13.0. The zero-order valence-corrected chi connectivity index (χ0v) is 13.0. The van der Waals surface area contributed by atoms with E-state index in [1.54, 1.807) is 17.0 Å². The number of carbonyl (C=O) groups excluding carboxylic acids is 1. The molecule has 0 radical (unpaired) electrons. The first-order valence-electron chi connectivity index (χ1n) is 7.91. The second kappa shape index (κ2) is 7.43. The average molecular weight is 292 g/mol. The van der Waals surface area contributed by atoms with Crippen molar-refractivity contribution < 1.29 is 9.18 Å². The molecule has 1 amide bonds. The molecule has 0 heterocycles. The van der Waals surface area contributed by atoms with Gasteiger partial charge in [0.15, 0.2) is 0 Å². The van der Waals surface area contributed by atoms with Crippen LogP contribution >= 0.6 is 0 Å². The number of hydrogen-bond donors (Lipinski definition) is 1. The Labute approximate surface area is 126 Å². The van der Waals surface area contributed by atoms with Gasteiger partial charge in [0.2, 0.25) is 0 Å². The molecule has 1 N–H and O–H groups in total. The molecule has 0 bridgehead atoms. The van der Waals surface area contributed by atoms with Gasteiger partial charge in [-0.1, -0.05) is 25.3 Å². The summed E-state index contributed by atoms with van der Waals surface area (Å²) in [5.41, 5.74) is 0.746. The summed E-state index contributed by atoms with van der Waals surface area (Å²) in [6, 6.07) is 4.68. The van der Waals surface area contributed by atoms with Gasteiger partial charge in [-0.2, -0.15) is 0 Å². The second-order valence-corrected chi connectivity index (χ2v) is 5.88. The molecule has 0 atom stereocenters. The lowest BCUT2D eigenvalue weighted by molar-refractivity contribution is 0.0761. The zero-order chi connectivity index (χ0) is 15.2. The van der Waals surface area contributed by atoms with Crippen LogP contribution in [0.25, 0.3) is 0 Å². The summed E-state index contributed by atoms with van der Waals surface area (Å²) in [6.07, 6.45) is 6.22. The van der Waals surface area contributed by atoms with Crippen molar-refractivity contribution in [1.82, 2.24) is 4.90 Å². The molecule has 1 aliphatic carbocycles. The molecule has 1 fully saturated rings. The van der Waals surface area contributed by atoms with E-state index in [0.717, 1.165) is 6.54 Å². The predicted octanol–water partition coefficient (Wildman–Crippen LogP) is 3.91. The van der Waals surface area contributed by atoms with Crippen LogP contribution in [-0.4, -0.2) is 30.9 Å². The minimum atomic E-state index is -0.367. The van der Waals surface area contributed by atoms with Crippen LogP contribution in [-0.2, 0) is 0 Å². The van der Waals surface area contributed by atoms with Crippen molar-refractivity contribution in [3.8, 4) is 0 Å². The third-order valence-electron chi connectivity index (χ3n) is 4.20. The minimum absolute atomic E-state index is 0.101. The van der Waals surface area contributed by atoms with Crippen LogP contribution in [0.15, 0.2) is 18.2 Å². The van der Waals surface area contributed by atoms with Gasteiger partial charge in [-0.15, -0.1) is 0 Å². The monoisotopic (exact) mass is 292 g/mol. The van der Waals surface area contributed by atoms with Gasteiger partial charge < -0.3 is 10.2 Å². The second-order valence-electron chi connectivity index (χ2n) is 5.88. The maximum absolute atomic E-state index is 13.9. The molecule has 0 aliphatic heterocycles. The topological polar surface area (TPSA) is 32.3 Å². The SMILES string of the molecule is CCNc1c(F)cccc1C(=O)N(C)CC1CCCCC1. The molecule has 21 heavy (non-hydrogen) atoms. The van der Waals surface area contributed by atoms with E-state index in [1.807, 2.05) is 14.0 Å². The number of nitrogens with one attached hydrogen (secondary N) is 1. The number of amides is 1. The fourth-order valence-corrected chi connectivity index (χ4v) is 3.10. The van der Waals surface area contributed by atoms with Crippen molar-refractivity contribution in [2.45, 2.75) is 39.0 Å². The van der Waals surface area contributed by atoms with Gasteiger partial charge in [-0.05, 0) is 37.8 Å². The molecule has 0 aromatic heterocycles. The summed E-state index contributed by atoms with van der Waals surface area (Å²) in [7, 11) is 1.82. The predicted molar refractivity (Wildman–Crippen MR) is 84.1 cm³/mol. The van der Waals surface area contributed by atoms with Gasteiger partial charge in [0.1, 0.15) is 5.82 Å². The van der Waals surface area contributed by atoms with Crippen LogP contribution in [0, 0.1) is 11.7 Å². The summed E-state index contributed by atoms with van der Waals surface area (Å²) < 4.78 is 13.9. The third kappa shape index (κ3) is 3.96. The molecule has 0 spiro atoms. The number of nitrogens with zero attached hydrogens (tertiary/aromatic N) is 1. The highest BCUT2D eigenvalue weighted by molar-refractivity contribution is 5.99. The number of rotatable bonds is 5. The highest BCUT2D eigenvalue weighted by Crippen LogP contribution is 2.26. The molecule has 1 aromatic carbocycles. The summed E-state index contributed by atoms with van der Waals surface area (Å²) in [4.78, 5) is 14.3. The Morgan fingerprint density at radius 2 is 2.05 bits per heavy atom. The average Bonchev–Trinajstić information content (AvgIpc) is 2.50. The van der Waals surface area contributed by atoms with Gasteiger partial charge in [-0.25, -0.2) is 4.39 Å². The van der Waals surface area contributed by atoms with Crippen molar-refractivity contribution in [1.29, 1.82) is 0 Å². The van der Waals surface area contributed by atoms with Gasteiger partial charge >= 0.3 is 0 Å². The Hall–Kier alpha value is -1.58. The molecular weight excluding hydrogens is 267 g/mol. The van der Waals surface area contributed by atoms with E-state index >= 15 is 0 Å². The highest BCUT2D eigenvalue weighted by Gasteiger charge is 2.22. The van der Waals surface area contributed by atoms with Crippen molar-refractivity contribution in [3.05, 3.63) is 29.6 Å². The van der Waals surface area contributed by atoms with Gasteiger partial charge in [0.25, 0.3) is 5.91 Å². The van der Waals surface area contributed by atoms with Crippen molar-refractivity contribution in [2.75, 3.05) is 25.5 Å². The van der Waals surface area contributed by atoms with Crippen molar-refractivity contribution >= 4 is 11.6 Å². The fraction of sp³-hybridized carbons (Fsp3) is 0.588. The molecule has 0 saturated heterocycles. The molecule has 4 heteroatoms. The molecule has 0 unspecified atom stereocenters. The number of anilines is 1. The minimum Gasteiger partial charge on any atom is -0.382 e. The van der Waals surface area contributed by atoms with E-state index < -0.39 is 0 Å². The fourth-order valence-electron chi connectivity index (χ4n) is 3.10. The largest absolute Gasteiger partial charge is 0.382 e. The lowest BCUT2D eigenvalue weighted by atomic mass is 9.89. The lowest BCUT2D eigenvalue weighted by Crippen LogP contribution is -2.33. The van der Waals surface area contributed by atoms with Gasteiger partial charge in [-0.3, -0.25) is 4.79 Å². The summed E-state index contributed by atoms with van der Waals surface area (Å²) in [5, 5.41) is 2.96. The maximum atomic E-state index is 13.9. The molecular formula is C17H25FN2O. The van der Waals surface area contributed by atoms with E-state index in [0.29, 0.717) is 23.7 Å². The van der Waals surface area contributed by atoms with Crippen LogP contribution in [0.4, 0.5) is 10.1 Å². The van der Waals surface area contributed by atoms with Crippen LogP contribution in [0.5, 0.6) is 0 Å². The lowest BCUT2D eigenvalue weighted by Gasteiger charge is -2.27. The van der Waals surface area contributed by atoms with E-state index in [2.05, 4.69) is 5.32 Å². The molecule has 1 saturated carbocycles. The Balaban J connectivity index is 2.09. The first-order chi connectivity index (χ1) is 10.1. The van der Waals surface area contributed by atoms with E-state index in [-0.39, 0.29) is 11.7 Å². The Bertz CT molecular complexity index is 484. The Morgan fingerprint density at radius 1 is 1.33 bits per heavy atom. The van der Waals surface area contributed by atoms with Crippen LogP contribution < -0.4 is 5.32 Å². The van der Waals surface area contributed by atoms with E-state index in [4.69, 9.17) is 0 Å². The van der Waals surface area contributed by atoms with Crippen molar-refractivity contribution in [2.24, 2.45) is 5.92 Å². The smallest absolute Gasteiger partial charge is 0.255 e. The van der Waals surface area contributed by atoms with Crippen LogP contribution in [0.3, 0.4) is 0 Å².